The van der Waals surface area contributed by atoms with E-state index in [1.54, 1.807) is 6.07 Å². The summed E-state index contributed by atoms with van der Waals surface area (Å²) >= 11 is 5.91. The topological polar surface area (TPSA) is 35.2 Å². The molecule has 0 heterocycles. The molecule has 0 spiro atoms. The molecule has 0 amide bonds. The minimum absolute atomic E-state index is 0.0960. The zero-order chi connectivity index (χ0) is 12.0. The summed E-state index contributed by atoms with van der Waals surface area (Å²) in [5.74, 6) is 3.36. The third kappa shape index (κ3) is 3.77. The van der Waals surface area contributed by atoms with Gasteiger partial charge in [-0.25, -0.2) is 0 Å². The molecule has 0 unspecified atom stereocenters. The van der Waals surface area contributed by atoms with Gasteiger partial charge in [0.1, 0.15) is 5.75 Å². The molecule has 0 aliphatic rings. The monoisotopic (exact) mass is 237 g/mol. The summed E-state index contributed by atoms with van der Waals surface area (Å²) in [6.07, 6.45) is 6.73. The molecule has 0 aliphatic carbocycles. The normalized spacial score (nSPS) is 11.9. The van der Waals surface area contributed by atoms with E-state index in [1.165, 1.54) is 0 Å². The van der Waals surface area contributed by atoms with E-state index in [9.17, 15) is 0 Å². The van der Waals surface area contributed by atoms with E-state index in [-0.39, 0.29) is 6.04 Å². The predicted molar refractivity (Wildman–Crippen MR) is 67.6 cm³/mol. The number of unbranched alkanes of at least 4 members (excludes halogenated alkanes) is 1. The van der Waals surface area contributed by atoms with Crippen LogP contribution >= 0.6 is 11.6 Å². The molecule has 0 fully saturated rings. The number of nitrogens with two attached hydrogens (primary N) is 1. The lowest BCUT2D eigenvalue weighted by Crippen LogP contribution is -2.08. The number of benzene rings is 1. The standard InChI is InChI=1S/C13H16ClNO/c1-3-4-5-8-16-13-7-6-11(14)9-12(13)10(2)15/h1,6-7,9-10H,4-5,8,15H2,2H3/t10-/m1/s1. The van der Waals surface area contributed by atoms with Gasteiger partial charge >= 0.3 is 0 Å². The lowest BCUT2D eigenvalue weighted by molar-refractivity contribution is 0.308. The first-order chi connectivity index (χ1) is 7.65. The van der Waals surface area contributed by atoms with E-state index in [1.807, 2.05) is 19.1 Å². The van der Waals surface area contributed by atoms with Crippen molar-refractivity contribution in [2.75, 3.05) is 6.61 Å². The van der Waals surface area contributed by atoms with Gasteiger partial charge in [0.05, 0.1) is 6.61 Å². The Balaban J connectivity index is 2.68. The molecule has 3 heteroatoms. The van der Waals surface area contributed by atoms with Gasteiger partial charge in [-0.05, 0) is 31.5 Å². The van der Waals surface area contributed by atoms with Crippen molar-refractivity contribution in [2.45, 2.75) is 25.8 Å². The molecule has 0 radical (unpaired) electrons. The summed E-state index contributed by atoms with van der Waals surface area (Å²) in [5, 5.41) is 0.670. The molecule has 1 atom stereocenters. The first-order valence-corrected chi connectivity index (χ1v) is 5.64. The van der Waals surface area contributed by atoms with Crippen LogP contribution in [0.15, 0.2) is 18.2 Å². The molecule has 1 rings (SSSR count). The Bertz CT molecular complexity index is 382. The number of terminal acetylenes is 1. The van der Waals surface area contributed by atoms with Crippen molar-refractivity contribution in [2.24, 2.45) is 5.73 Å². The smallest absolute Gasteiger partial charge is 0.124 e. The summed E-state index contributed by atoms with van der Waals surface area (Å²) in [5.41, 5.74) is 6.77. The van der Waals surface area contributed by atoms with Gasteiger partial charge in [-0.3, -0.25) is 0 Å². The van der Waals surface area contributed by atoms with Crippen LogP contribution in [0, 0.1) is 12.3 Å². The molecule has 16 heavy (non-hydrogen) atoms. The van der Waals surface area contributed by atoms with Crippen molar-refractivity contribution in [3.8, 4) is 18.1 Å². The molecule has 1 aromatic rings. The van der Waals surface area contributed by atoms with Gasteiger partial charge in [-0.1, -0.05) is 11.6 Å². The predicted octanol–water partition coefficient (Wildman–Crippen LogP) is 3.15. The zero-order valence-electron chi connectivity index (χ0n) is 9.37. The summed E-state index contributed by atoms with van der Waals surface area (Å²) in [6, 6.07) is 5.38. The van der Waals surface area contributed by atoms with E-state index in [0.717, 1.165) is 24.2 Å². The average Bonchev–Trinajstić information content (AvgIpc) is 2.26. The first kappa shape index (κ1) is 12.9. The number of ether oxygens (including phenoxy) is 1. The summed E-state index contributed by atoms with van der Waals surface area (Å²) in [7, 11) is 0. The molecular weight excluding hydrogens is 222 g/mol. The van der Waals surface area contributed by atoms with Gasteiger partial charge in [-0.15, -0.1) is 12.3 Å². The van der Waals surface area contributed by atoms with Crippen LogP contribution in [-0.4, -0.2) is 6.61 Å². The van der Waals surface area contributed by atoms with Gasteiger partial charge in [0.2, 0.25) is 0 Å². The number of halogens is 1. The zero-order valence-corrected chi connectivity index (χ0v) is 10.1. The van der Waals surface area contributed by atoms with Crippen molar-refractivity contribution in [3.63, 3.8) is 0 Å². The molecule has 0 saturated carbocycles. The van der Waals surface area contributed by atoms with Gasteiger partial charge in [0.25, 0.3) is 0 Å². The van der Waals surface area contributed by atoms with Crippen LogP contribution in [0.4, 0.5) is 0 Å². The van der Waals surface area contributed by atoms with E-state index in [2.05, 4.69) is 5.92 Å². The second-order valence-electron chi connectivity index (χ2n) is 3.63. The van der Waals surface area contributed by atoms with Crippen LogP contribution in [-0.2, 0) is 0 Å². The molecule has 0 bridgehead atoms. The maximum absolute atomic E-state index is 5.91. The van der Waals surface area contributed by atoms with Gasteiger partial charge in [-0.2, -0.15) is 0 Å². The van der Waals surface area contributed by atoms with Gasteiger partial charge < -0.3 is 10.5 Å². The number of rotatable bonds is 5. The number of hydrogen-bond donors (Lipinski definition) is 1. The van der Waals surface area contributed by atoms with Gasteiger partial charge in [0, 0.05) is 23.0 Å². The summed E-state index contributed by atoms with van der Waals surface area (Å²) in [4.78, 5) is 0. The van der Waals surface area contributed by atoms with E-state index >= 15 is 0 Å². The first-order valence-electron chi connectivity index (χ1n) is 5.26. The SMILES string of the molecule is C#CCCCOc1ccc(Cl)cc1[C@@H](C)N. The van der Waals surface area contributed by atoms with Crippen molar-refractivity contribution in [1.82, 2.24) is 0 Å². The van der Waals surface area contributed by atoms with Crippen LogP contribution in [0.25, 0.3) is 0 Å². The fourth-order valence-corrected chi connectivity index (χ4v) is 1.54. The van der Waals surface area contributed by atoms with Crippen LogP contribution < -0.4 is 10.5 Å². The lowest BCUT2D eigenvalue weighted by atomic mass is 10.1. The Labute approximate surface area is 102 Å². The van der Waals surface area contributed by atoms with E-state index in [0.29, 0.717) is 11.6 Å². The second kappa shape index (κ2) is 6.42. The van der Waals surface area contributed by atoms with Crippen LogP contribution in [0.2, 0.25) is 5.02 Å². The Morgan fingerprint density at radius 1 is 1.56 bits per heavy atom. The highest BCUT2D eigenvalue weighted by molar-refractivity contribution is 6.30. The number of hydrogen-bond acceptors (Lipinski definition) is 2. The highest BCUT2D eigenvalue weighted by Crippen LogP contribution is 2.27. The van der Waals surface area contributed by atoms with Crippen LogP contribution in [0.1, 0.15) is 31.4 Å². The largest absolute Gasteiger partial charge is 0.493 e. The molecule has 86 valence electrons. The molecule has 0 aliphatic heterocycles. The molecule has 1 aromatic carbocycles. The van der Waals surface area contributed by atoms with Crippen molar-refractivity contribution in [1.29, 1.82) is 0 Å². The Morgan fingerprint density at radius 3 is 2.94 bits per heavy atom. The molecular formula is C13H16ClNO. The minimum atomic E-state index is -0.0960. The van der Waals surface area contributed by atoms with Crippen LogP contribution in [0.3, 0.4) is 0 Å². The van der Waals surface area contributed by atoms with Crippen molar-refractivity contribution < 1.29 is 4.74 Å². The van der Waals surface area contributed by atoms with Gasteiger partial charge in [0.15, 0.2) is 0 Å². The highest BCUT2D eigenvalue weighted by atomic mass is 35.5. The third-order valence-electron chi connectivity index (χ3n) is 2.19. The Hall–Kier alpha value is -1.17. The van der Waals surface area contributed by atoms with E-state index in [4.69, 9.17) is 28.5 Å². The molecule has 2 nitrogen and oxygen atoms in total. The quantitative estimate of drug-likeness (QED) is 0.631. The second-order valence-corrected chi connectivity index (χ2v) is 4.06. The van der Waals surface area contributed by atoms with E-state index < -0.39 is 0 Å². The maximum Gasteiger partial charge on any atom is 0.124 e. The molecule has 2 N–H and O–H groups in total. The Morgan fingerprint density at radius 2 is 2.31 bits per heavy atom. The lowest BCUT2D eigenvalue weighted by Gasteiger charge is -2.14. The van der Waals surface area contributed by atoms with Crippen molar-refractivity contribution >= 4 is 11.6 Å². The fourth-order valence-electron chi connectivity index (χ4n) is 1.36. The highest BCUT2D eigenvalue weighted by Gasteiger charge is 2.08. The molecule has 0 aromatic heterocycles. The fraction of sp³-hybridized carbons (Fsp3) is 0.385. The Kier molecular flexibility index (Phi) is 5.18. The third-order valence-corrected chi connectivity index (χ3v) is 2.42. The maximum atomic E-state index is 5.91. The average molecular weight is 238 g/mol. The van der Waals surface area contributed by atoms with Crippen LogP contribution in [0.5, 0.6) is 5.75 Å². The summed E-state index contributed by atoms with van der Waals surface area (Å²) in [6.45, 7) is 2.51. The minimum Gasteiger partial charge on any atom is -0.493 e. The molecule has 0 saturated heterocycles. The summed E-state index contributed by atoms with van der Waals surface area (Å²) < 4.78 is 5.62. The van der Waals surface area contributed by atoms with Crippen molar-refractivity contribution in [3.05, 3.63) is 28.8 Å².